The van der Waals surface area contributed by atoms with Crippen LogP contribution in [0.2, 0.25) is 0 Å². The molecule has 2 N–H and O–H groups in total. The van der Waals surface area contributed by atoms with Gasteiger partial charge in [0.05, 0.1) is 29.6 Å². The van der Waals surface area contributed by atoms with Gasteiger partial charge in [-0.1, -0.05) is 24.3 Å². The molecule has 14 heteroatoms. The summed E-state index contributed by atoms with van der Waals surface area (Å²) < 4.78 is 43.0. The lowest BCUT2D eigenvalue weighted by molar-refractivity contribution is -0.142. The van der Waals surface area contributed by atoms with Crippen LogP contribution >= 0.6 is 11.3 Å². The van der Waals surface area contributed by atoms with Crippen LogP contribution < -0.4 is 15.1 Å². The van der Waals surface area contributed by atoms with Crippen molar-refractivity contribution in [2.75, 3.05) is 47.8 Å². The van der Waals surface area contributed by atoms with Gasteiger partial charge in [0.15, 0.2) is 5.13 Å². The molecule has 2 aromatic heterocycles. The Bertz CT molecular complexity index is 1550. The molecule has 3 aliphatic rings. The maximum absolute atomic E-state index is 14.3. The zero-order valence-corrected chi connectivity index (χ0v) is 26.5. The number of nitrogens with one attached hydrogen (secondary N) is 1. The number of anilines is 3. The van der Waals surface area contributed by atoms with Crippen LogP contribution in [0.1, 0.15) is 72.8 Å². The summed E-state index contributed by atoms with van der Waals surface area (Å²) in [6.45, 7) is 5.83. The van der Waals surface area contributed by atoms with E-state index in [2.05, 4.69) is 32.1 Å². The largest absolute Gasteiger partial charge is 0.481 e. The second kappa shape index (κ2) is 13.5. The number of hydrogen-bond donors (Lipinski definition) is 2. The molecule has 3 fully saturated rings. The van der Waals surface area contributed by atoms with Crippen LogP contribution in [0, 0.1) is 5.92 Å². The second-order valence-electron chi connectivity index (χ2n) is 12.2. The van der Waals surface area contributed by atoms with Gasteiger partial charge in [-0.3, -0.25) is 19.8 Å². The molecule has 0 spiro atoms. The van der Waals surface area contributed by atoms with E-state index in [0.29, 0.717) is 68.7 Å². The van der Waals surface area contributed by atoms with E-state index in [1.807, 2.05) is 4.90 Å². The summed E-state index contributed by atoms with van der Waals surface area (Å²) in [5, 5.41) is 12.3. The van der Waals surface area contributed by atoms with Crippen molar-refractivity contribution in [3.63, 3.8) is 0 Å². The highest BCUT2D eigenvalue weighted by atomic mass is 32.1. The molecule has 1 aromatic carbocycles. The molecular formula is C32H38F3N7O3S. The fraction of sp³-hybridized carbons (Fsp3) is 0.531. The van der Waals surface area contributed by atoms with Crippen molar-refractivity contribution in [3.05, 3.63) is 46.7 Å². The van der Waals surface area contributed by atoms with Gasteiger partial charge in [-0.2, -0.15) is 13.2 Å². The van der Waals surface area contributed by atoms with Crippen LogP contribution in [0.15, 0.2) is 30.6 Å². The van der Waals surface area contributed by atoms with Crippen molar-refractivity contribution >= 4 is 39.9 Å². The third-order valence-corrected chi connectivity index (χ3v) is 10.3. The van der Waals surface area contributed by atoms with Crippen molar-refractivity contribution in [2.24, 2.45) is 5.92 Å². The molecule has 1 atom stereocenters. The minimum Gasteiger partial charge on any atom is -0.481 e. The number of rotatable bonds is 9. The molecule has 10 nitrogen and oxygen atoms in total. The molecule has 0 aliphatic carbocycles. The van der Waals surface area contributed by atoms with Crippen LogP contribution in [0.4, 0.5) is 29.8 Å². The normalized spacial score (nSPS) is 19.6. The predicted octanol–water partition coefficient (Wildman–Crippen LogP) is 6.15. The summed E-state index contributed by atoms with van der Waals surface area (Å²) in [6.07, 6.45) is 4.20. The van der Waals surface area contributed by atoms with Gasteiger partial charge in [0.2, 0.25) is 0 Å². The number of carboxylic acids is 1. The molecule has 0 saturated carbocycles. The Morgan fingerprint density at radius 2 is 1.76 bits per heavy atom. The van der Waals surface area contributed by atoms with Crippen LogP contribution in [-0.2, 0) is 17.5 Å². The number of carbonyl (C=O) groups excluding carboxylic acids is 1. The van der Waals surface area contributed by atoms with Gasteiger partial charge in [0.25, 0.3) is 5.91 Å². The number of carbonyl (C=O) groups is 2. The molecule has 1 amide bonds. The molecule has 6 rings (SSSR count). The van der Waals surface area contributed by atoms with Gasteiger partial charge in [0.1, 0.15) is 11.5 Å². The van der Waals surface area contributed by atoms with E-state index in [1.165, 1.54) is 29.8 Å². The minimum absolute atomic E-state index is 0.0717. The topological polar surface area (TPSA) is 115 Å². The van der Waals surface area contributed by atoms with E-state index < -0.39 is 23.6 Å². The second-order valence-corrected chi connectivity index (χ2v) is 13.3. The fourth-order valence-corrected chi connectivity index (χ4v) is 7.76. The number of alkyl halides is 3. The van der Waals surface area contributed by atoms with E-state index in [0.717, 1.165) is 43.5 Å². The third-order valence-electron chi connectivity index (χ3n) is 9.30. The van der Waals surface area contributed by atoms with Gasteiger partial charge in [-0.05, 0) is 63.6 Å². The molecule has 46 heavy (non-hydrogen) atoms. The Kier molecular flexibility index (Phi) is 9.46. The van der Waals surface area contributed by atoms with Gasteiger partial charge >= 0.3 is 12.1 Å². The van der Waals surface area contributed by atoms with Crippen LogP contribution in [0.3, 0.4) is 0 Å². The van der Waals surface area contributed by atoms with Crippen LogP contribution in [0.25, 0.3) is 11.3 Å². The Balaban J connectivity index is 1.25. The van der Waals surface area contributed by atoms with E-state index in [1.54, 1.807) is 17.0 Å². The van der Waals surface area contributed by atoms with Crippen molar-refractivity contribution < 1.29 is 27.9 Å². The molecule has 246 valence electrons. The highest BCUT2D eigenvalue weighted by Crippen LogP contribution is 2.42. The average Bonchev–Trinajstić information content (AvgIpc) is 3.83. The standard InChI is InChI=1S/C32H38F3N7O3S/c1-2-22-6-5-13-42(22)19-26-28(21-7-8-25(40-11-3-4-12-40)23(16-21)32(33,34)35)38-31(46-26)39-29(43)24-17-37-27(18-36-24)41-14-9-20(10-15-41)30(44)45/h7-8,16-18,20,22H,2-6,9-15,19H2,1H3,(H,44,45)(H,38,39,43)/t22-/m1/s1. The molecule has 0 radical (unpaired) electrons. The van der Waals surface area contributed by atoms with Gasteiger partial charge in [-0.25, -0.2) is 15.0 Å². The molecule has 3 saturated heterocycles. The number of likely N-dealkylation sites (tertiary alicyclic amines) is 1. The highest BCUT2D eigenvalue weighted by molar-refractivity contribution is 7.16. The monoisotopic (exact) mass is 657 g/mol. The number of nitrogens with zero attached hydrogens (tertiary/aromatic N) is 6. The zero-order valence-electron chi connectivity index (χ0n) is 25.7. The lowest BCUT2D eigenvalue weighted by Crippen LogP contribution is -2.36. The molecule has 0 unspecified atom stereocenters. The maximum Gasteiger partial charge on any atom is 0.418 e. The number of aliphatic carboxylic acids is 1. The number of halogens is 3. The summed E-state index contributed by atoms with van der Waals surface area (Å²) in [5.41, 5.74) is 0.392. The van der Waals surface area contributed by atoms with Crippen molar-refractivity contribution in [2.45, 2.75) is 70.6 Å². The van der Waals surface area contributed by atoms with E-state index in [-0.39, 0.29) is 22.4 Å². The Hall–Kier alpha value is -3.78. The number of amides is 1. The average molecular weight is 658 g/mol. The first-order valence-corrected chi connectivity index (χ1v) is 16.7. The summed E-state index contributed by atoms with van der Waals surface area (Å²) in [4.78, 5) is 44.7. The number of carboxylic acid groups (broad SMARTS) is 1. The Morgan fingerprint density at radius 3 is 2.41 bits per heavy atom. The summed E-state index contributed by atoms with van der Waals surface area (Å²) in [6, 6.07) is 4.84. The van der Waals surface area contributed by atoms with Crippen molar-refractivity contribution in [1.82, 2.24) is 19.9 Å². The lowest BCUT2D eigenvalue weighted by atomic mass is 9.97. The van der Waals surface area contributed by atoms with E-state index in [4.69, 9.17) is 0 Å². The lowest BCUT2D eigenvalue weighted by Gasteiger charge is -2.30. The third kappa shape index (κ3) is 6.97. The number of benzene rings is 1. The van der Waals surface area contributed by atoms with E-state index >= 15 is 0 Å². The molecule has 5 heterocycles. The molecule has 3 aromatic rings. The number of piperidine rings is 1. The highest BCUT2D eigenvalue weighted by Gasteiger charge is 2.36. The summed E-state index contributed by atoms with van der Waals surface area (Å²) in [7, 11) is 0. The molecule has 3 aliphatic heterocycles. The quantitative estimate of drug-likeness (QED) is 0.280. The first kappa shape index (κ1) is 32.2. The first-order valence-electron chi connectivity index (χ1n) is 15.9. The predicted molar refractivity (Wildman–Crippen MR) is 170 cm³/mol. The summed E-state index contributed by atoms with van der Waals surface area (Å²) >= 11 is 1.27. The first-order chi connectivity index (χ1) is 22.1. The van der Waals surface area contributed by atoms with Gasteiger partial charge < -0.3 is 14.9 Å². The van der Waals surface area contributed by atoms with Crippen LogP contribution in [0.5, 0.6) is 0 Å². The van der Waals surface area contributed by atoms with Crippen LogP contribution in [-0.4, -0.2) is 75.6 Å². The van der Waals surface area contributed by atoms with E-state index in [9.17, 15) is 27.9 Å². The molecular weight excluding hydrogens is 619 g/mol. The Morgan fingerprint density at radius 1 is 1.00 bits per heavy atom. The van der Waals surface area contributed by atoms with Gasteiger partial charge in [0, 0.05) is 54.9 Å². The summed E-state index contributed by atoms with van der Waals surface area (Å²) in [5.74, 6) is -1.13. The van der Waals surface area contributed by atoms with Crippen molar-refractivity contribution in [3.8, 4) is 11.3 Å². The number of aromatic nitrogens is 3. The van der Waals surface area contributed by atoms with Gasteiger partial charge in [-0.15, -0.1) is 0 Å². The Labute approximate surface area is 269 Å². The zero-order chi connectivity index (χ0) is 32.4. The minimum atomic E-state index is -4.53. The smallest absolute Gasteiger partial charge is 0.418 e. The number of thiazole rings is 1. The molecule has 0 bridgehead atoms. The fourth-order valence-electron chi connectivity index (χ4n) is 6.75. The van der Waals surface area contributed by atoms with Crippen molar-refractivity contribution in [1.29, 1.82) is 0 Å². The SMILES string of the molecule is CC[C@@H]1CCCN1Cc1sc(NC(=O)c2cnc(N3CCC(C(=O)O)CC3)cn2)nc1-c1ccc(N2CCCC2)c(C(F)(F)F)c1. The maximum atomic E-state index is 14.3. The number of hydrogen-bond acceptors (Lipinski definition) is 9.